The number of nitrogens with one attached hydrogen (secondary N) is 1. The molecule has 0 saturated carbocycles. The van der Waals surface area contributed by atoms with Crippen LogP contribution in [-0.2, 0) is 16.2 Å². The standard InChI is InChI=1S/C21H25N3O2S/c1-16(18-5-3-2-4-6-18)12-22-20(25)19-11-21(26-23-19)8-9-24(15-21)13-17-7-10-27-14-17/h2-7,10,14,16H,8-9,11-13,15H2,1H3,(H,22,25)/t16-,21-/m0/s1. The molecular weight excluding hydrogens is 358 g/mol. The fourth-order valence-corrected chi connectivity index (χ4v) is 4.47. The van der Waals surface area contributed by atoms with Crippen LogP contribution in [0.3, 0.4) is 0 Å². The second-order valence-electron chi connectivity index (χ2n) is 7.60. The van der Waals surface area contributed by atoms with Gasteiger partial charge >= 0.3 is 0 Å². The molecule has 1 spiro atoms. The molecule has 1 fully saturated rings. The number of hydrogen-bond acceptors (Lipinski definition) is 5. The van der Waals surface area contributed by atoms with Crippen molar-refractivity contribution in [3.05, 3.63) is 58.3 Å². The Morgan fingerprint density at radius 2 is 2.22 bits per heavy atom. The summed E-state index contributed by atoms with van der Waals surface area (Å²) in [7, 11) is 0. The fourth-order valence-electron chi connectivity index (χ4n) is 3.81. The van der Waals surface area contributed by atoms with Gasteiger partial charge in [0, 0.05) is 39.0 Å². The Hall–Kier alpha value is -2.18. The zero-order valence-corrected chi connectivity index (χ0v) is 16.4. The summed E-state index contributed by atoms with van der Waals surface area (Å²) in [4.78, 5) is 20.7. The van der Waals surface area contributed by atoms with E-state index in [0.29, 0.717) is 18.7 Å². The average molecular weight is 384 g/mol. The Bertz CT molecular complexity index is 806. The summed E-state index contributed by atoms with van der Waals surface area (Å²) >= 11 is 1.72. The highest BCUT2D eigenvalue weighted by Crippen LogP contribution is 2.34. The second kappa shape index (κ2) is 7.82. The molecule has 5 nitrogen and oxygen atoms in total. The van der Waals surface area contributed by atoms with Crippen LogP contribution in [-0.4, -0.2) is 41.8 Å². The molecule has 2 atom stereocenters. The van der Waals surface area contributed by atoms with Crippen LogP contribution >= 0.6 is 11.3 Å². The monoisotopic (exact) mass is 383 g/mol. The van der Waals surface area contributed by atoms with Gasteiger partial charge in [-0.15, -0.1) is 0 Å². The number of oxime groups is 1. The van der Waals surface area contributed by atoms with Gasteiger partial charge < -0.3 is 10.2 Å². The van der Waals surface area contributed by atoms with E-state index in [4.69, 9.17) is 4.84 Å². The largest absolute Gasteiger partial charge is 0.387 e. The van der Waals surface area contributed by atoms with Gasteiger partial charge in [0.2, 0.25) is 0 Å². The number of thiophene rings is 1. The smallest absolute Gasteiger partial charge is 0.269 e. The number of carbonyl (C=O) groups is 1. The highest BCUT2D eigenvalue weighted by Gasteiger charge is 2.46. The number of rotatable bonds is 6. The van der Waals surface area contributed by atoms with Crippen LogP contribution in [0.1, 0.15) is 36.8 Å². The first-order valence-corrected chi connectivity index (χ1v) is 10.4. The van der Waals surface area contributed by atoms with Crippen molar-refractivity contribution in [3.63, 3.8) is 0 Å². The van der Waals surface area contributed by atoms with E-state index in [1.807, 2.05) is 18.2 Å². The minimum Gasteiger partial charge on any atom is -0.387 e. The molecule has 142 valence electrons. The molecule has 2 aliphatic rings. The van der Waals surface area contributed by atoms with E-state index in [1.54, 1.807) is 11.3 Å². The summed E-state index contributed by atoms with van der Waals surface area (Å²) in [6.45, 7) is 5.45. The zero-order chi connectivity index (χ0) is 18.7. The number of hydrogen-bond donors (Lipinski definition) is 1. The van der Waals surface area contributed by atoms with E-state index in [0.717, 1.165) is 26.1 Å². The fraction of sp³-hybridized carbons (Fsp3) is 0.429. The first kappa shape index (κ1) is 18.2. The first-order chi connectivity index (χ1) is 13.1. The molecule has 1 saturated heterocycles. The molecule has 0 aliphatic carbocycles. The molecule has 0 unspecified atom stereocenters. The van der Waals surface area contributed by atoms with Crippen molar-refractivity contribution in [2.45, 2.75) is 37.8 Å². The van der Waals surface area contributed by atoms with Gasteiger partial charge in [-0.25, -0.2) is 0 Å². The van der Waals surface area contributed by atoms with Crippen LogP contribution in [0.5, 0.6) is 0 Å². The lowest BCUT2D eigenvalue weighted by atomic mass is 9.96. The normalized spacial score (nSPS) is 23.2. The van der Waals surface area contributed by atoms with Crippen molar-refractivity contribution in [1.82, 2.24) is 10.2 Å². The number of benzene rings is 1. The minimum absolute atomic E-state index is 0.106. The third kappa shape index (κ3) is 4.22. The van der Waals surface area contributed by atoms with Gasteiger partial charge in [-0.3, -0.25) is 9.69 Å². The molecule has 0 radical (unpaired) electrons. The van der Waals surface area contributed by atoms with Gasteiger partial charge in [-0.05, 0) is 33.9 Å². The van der Waals surface area contributed by atoms with Crippen molar-refractivity contribution in [2.75, 3.05) is 19.6 Å². The number of nitrogens with zero attached hydrogens (tertiary/aromatic N) is 2. The molecule has 1 aromatic heterocycles. The van der Waals surface area contributed by atoms with Gasteiger partial charge in [-0.2, -0.15) is 11.3 Å². The van der Waals surface area contributed by atoms with Gasteiger partial charge in [0.25, 0.3) is 5.91 Å². The van der Waals surface area contributed by atoms with Crippen LogP contribution in [0.25, 0.3) is 0 Å². The first-order valence-electron chi connectivity index (χ1n) is 9.45. The van der Waals surface area contributed by atoms with Crippen molar-refractivity contribution >= 4 is 23.0 Å². The molecule has 1 aromatic carbocycles. The van der Waals surface area contributed by atoms with Gasteiger partial charge in [0.05, 0.1) is 0 Å². The number of likely N-dealkylation sites (tertiary alicyclic amines) is 1. The molecule has 2 aliphatic heterocycles. The Kier molecular flexibility index (Phi) is 5.27. The summed E-state index contributed by atoms with van der Waals surface area (Å²) in [5.74, 6) is 0.158. The van der Waals surface area contributed by atoms with Gasteiger partial charge in [-0.1, -0.05) is 42.4 Å². The highest BCUT2D eigenvalue weighted by molar-refractivity contribution is 7.07. The Balaban J connectivity index is 1.27. The number of amides is 1. The minimum atomic E-state index is -0.326. The van der Waals surface area contributed by atoms with Crippen molar-refractivity contribution in [2.24, 2.45) is 5.16 Å². The number of carbonyl (C=O) groups excluding carboxylic acids is 1. The zero-order valence-electron chi connectivity index (χ0n) is 15.6. The lowest BCUT2D eigenvalue weighted by Crippen LogP contribution is -2.37. The van der Waals surface area contributed by atoms with E-state index in [1.165, 1.54) is 11.1 Å². The maximum absolute atomic E-state index is 12.5. The van der Waals surface area contributed by atoms with E-state index in [2.05, 4.69) is 51.3 Å². The van der Waals surface area contributed by atoms with Crippen molar-refractivity contribution in [1.29, 1.82) is 0 Å². The lowest BCUT2D eigenvalue weighted by Gasteiger charge is -2.21. The van der Waals surface area contributed by atoms with Crippen molar-refractivity contribution in [3.8, 4) is 0 Å². The molecule has 1 N–H and O–H groups in total. The van der Waals surface area contributed by atoms with E-state index in [9.17, 15) is 4.79 Å². The third-order valence-electron chi connectivity index (χ3n) is 5.42. The van der Waals surface area contributed by atoms with Crippen LogP contribution < -0.4 is 5.32 Å². The van der Waals surface area contributed by atoms with Gasteiger partial charge in [0.15, 0.2) is 5.60 Å². The molecule has 0 bridgehead atoms. The predicted molar refractivity (Wildman–Crippen MR) is 108 cm³/mol. The molecule has 1 amide bonds. The summed E-state index contributed by atoms with van der Waals surface area (Å²) in [5, 5.41) is 11.4. The Morgan fingerprint density at radius 1 is 1.37 bits per heavy atom. The Labute approximate surface area is 164 Å². The van der Waals surface area contributed by atoms with Crippen LogP contribution in [0, 0.1) is 0 Å². The summed E-state index contributed by atoms with van der Waals surface area (Å²) in [6, 6.07) is 12.4. The SMILES string of the molecule is C[C@@H](CNC(=O)C1=NO[C@@]2(CCN(Cc3ccsc3)C2)C1)c1ccccc1. The van der Waals surface area contributed by atoms with Crippen LogP contribution in [0.4, 0.5) is 0 Å². The summed E-state index contributed by atoms with van der Waals surface area (Å²) in [6.07, 6.45) is 1.51. The predicted octanol–water partition coefficient (Wildman–Crippen LogP) is 3.39. The van der Waals surface area contributed by atoms with Crippen LogP contribution in [0.15, 0.2) is 52.3 Å². The second-order valence-corrected chi connectivity index (χ2v) is 8.38. The summed E-state index contributed by atoms with van der Waals surface area (Å²) < 4.78 is 0. The Morgan fingerprint density at radius 3 is 3.00 bits per heavy atom. The third-order valence-corrected chi connectivity index (χ3v) is 6.15. The molecule has 2 aromatic rings. The maximum Gasteiger partial charge on any atom is 0.269 e. The molecule has 6 heteroatoms. The molecule has 27 heavy (non-hydrogen) atoms. The van der Waals surface area contributed by atoms with E-state index >= 15 is 0 Å². The summed E-state index contributed by atoms with van der Waals surface area (Å²) in [5.41, 5.74) is 2.75. The maximum atomic E-state index is 12.5. The molecule has 4 rings (SSSR count). The van der Waals surface area contributed by atoms with E-state index < -0.39 is 0 Å². The topological polar surface area (TPSA) is 53.9 Å². The quantitative estimate of drug-likeness (QED) is 0.832. The van der Waals surface area contributed by atoms with E-state index in [-0.39, 0.29) is 17.4 Å². The molecule has 3 heterocycles. The highest BCUT2D eigenvalue weighted by atomic mass is 32.1. The van der Waals surface area contributed by atoms with Gasteiger partial charge in [0.1, 0.15) is 5.71 Å². The average Bonchev–Trinajstić information content (AvgIpc) is 3.43. The lowest BCUT2D eigenvalue weighted by molar-refractivity contribution is -0.115. The molecular formula is C21H25N3O2S. The van der Waals surface area contributed by atoms with Crippen molar-refractivity contribution < 1.29 is 9.63 Å². The van der Waals surface area contributed by atoms with Crippen LogP contribution in [0.2, 0.25) is 0 Å².